The molecule has 1 aliphatic rings. The van der Waals surface area contributed by atoms with Crippen LogP contribution in [0.1, 0.15) is 6.42 Å². The van der Waals surface area contributed by atoms with E-state index in [0.29, 0.717) is 11.7 Å². The van der Waals surface area contributed by atoms with Crippen molar-refractivity contribution in [1.82, 2.24) is 4.90 Å². The largest absolute Gasteiger partial charge is 0.379 e. The number of nitrogens with zero attached hydrogens (tertiary/aromatic N) is 1. The number of anilines is 1. The Morgan fingerprint density at radius 2 is 2.21 bits per heavy atom. The molecule has 3 heteroatoms. The van der Waals surface area contributed by atoms with E-state index in [1.807, 2.05) is 6.07 Å². The van der Waals surface area contributed by atoms with Gasteiger partial charge in [0.25, 0.3) is 0 Å². The molecule has 1 saturated heterocycles. The minimum atomic E-state index is -0.165. The summed E-state index contributed by atoms with van der Waals surface area (Å²) < 4.78 is 13.3. The van der Waals surface area contributed by atoms with Gasteiger partial charge in [0.15, 0.2) is 0 Å². The molecule has 76 valence electrons. The maximum Gasteiger partial charge on any atom is 0.146 e. The number of rotatable bonds is 2. The summed E-state index contributed by atoms with van der Waals surface area (Å²) in [5, 5.41) is 3.22. The van der Waals surface area contributed by atoms with E-state index in [0.717, 1.165) is 19.5 Å². The summed E-state index contributed by atoms with van der Waals surface area (Å²) in [5.74, 6) is -0.165. The molecule has 1 aromatic rings. The third-order valence-electron chi connectivity index (χ3n) is 2.62. The zero-order valence-corrected chi connectivity index (χ0v) is 8.33. The van der Waals surface area contributed by atoms with Gasteiger partial charge in [0.05, 0.1) is 5.69 Å². The first-order valence-corrected chi connectivity index (χ1v) is 4.95. The van der Waals surface area contributed by atoms with Crippen molar-refractivity contribution in [3.8, 4) is 0 Å². The first kappa shape index (κ1) is 9.46. The van der Waals surface area contributed by atoms with Crippen LogP contribution in [0.5, 0.6) is 0 Å². The molecule has 0 aliphatic carbocycles. The highest BCUT2D eigenvalue weighted by atomic mass is 19.1. The first-order valence-electron chi connectivity index (χ1n) is 4.95. The van der Waals surface area contributed by atoms with E-state index >= 15 is 0 Å². The van der Waals surface area contributed by atoms with Gasteiger partial charge in [0.2, 0.25) is 0 Å². The van der Waals surface area contributed by atoms with Gasteiger partial charge in [-0.15, -0.1) is 0 Å². The van der Waals surface area contributed by atoms with E-state index in [1.165, 1.54) is 6.07 Å². The van der Waals surface area contributed by atoms with Crippen LogP contribution in [0.25, 0.3) is 0 Å². The molecule has 0 saturated carbocycles. The second-order valence-electron chi connectivity index (χ2n) is 3.87. The topological polar surface area (TPSA) is 15.3 Å². The molecule has 1 unspecified atom stereocenters. The lowest BCUT2D eigenvalue weighted by Gasteiger charge is -2.14. The number of likely N-dealkylation sites (N-methyl/N-ethyl adjacent to an activating group) is 1. The Morgan fingerprint density at radius 3 is 2.86 bits per heavy atom. The average molecular weight is 194 g/mol. The number of benzene rings is 1. The summed E-state index contributed by atoms with van der Waals surface area (Å²) in [6, 6.07) is 7.22. The molecule has 1 fully saturated rings. The Balaban J connectivity index is 2.01. The summed E-state index contributed by atoms with van der Waals surface area (Å²) in [4.78, 5) is 2.25. The van der Waals surface area contributed by atoms with Crippen molar-refractivity contribution >= 4 is 5.69 Å². The Kier molecular flexibility index (Phi) is 2.68. The molecule has 0 spiro atoms. The average Bonchev–Trinajstić information content (AvgIpc) is 2.56. The predicted octanol–water partition coefficient (Wildman–Crippen LogP) is 1.94. The van der Waals surface area contributed by atoms with Crippen LogP contribution in [0, 0.1) is 5.82 Å². The van der Waals surface area contributed by atoms with Gasteiger partial charge < -0.3 is 10.2 Å². The number of likely N-dealkylation sites (tertiary alicyclic amines) is 1. The van der Waals surface area contributed by atoms with Crippen molar-refractivity contribution in [3.63, 3.8) is 0 Å². The van der Waals surface area contributed by atoms with E-state index < -0.39 is 0 Å². The van der Waals surface area contributed by atoms with Gasteiger partial charge in [0.1, 0.15) is 5.82 Å². The number of nitrogens with one attached hydrogen (secondary N) is 1. The number of hydrogen-bond donors (Lipinski definition) is 1. The van der Waals surface area contributed by atoms with E-state index in [4.69, 9.17) is 0 Å². The monoisotopic (exact) mass is 194 g/mol. The number of halogens is 1. The molecule has 0 radical (unpaired) electrons. The molecule has 1 aromatic carbocycles. The smallest absolute Gasteiger partial charge is 0.146 e. The maximum absolute atomic E-state index is 13.3. The van der Waals surface area contributed by atoms with Gasteiger partial charge in [-0.1, -0.05) is 12.1 Å². The van der Waals surface area contributed by atoms with Crippen LogP contribution in [-0.4, -0.2) is 31.1 Å². The van der Waals surface area contributed by atoms with Crippen molar-refractivity contribution in [2.24, 2.45) is 0 Å². The first-order chi connectivity index (χ1) is 6.75. The molecule has 2 nitrogen and oxygen atoms in total. The van der Waals surface area contributed by atoms with Crippen LogP contribution in [0.15, 0.2) is 24.3 Å². The molecule has 1 atom stereocenters. The van der Waals surface area contributed by atoms with Crippen LogP contribution in [0.3, 0.4) is 0 Å². The summed E-state index contributed by atoms with van der Waals surface area (Å²) >= 11 is 0. The minimum absolute atomic E-state index is 0.165. The Hall–Kier alpha value is -1.09. The van der Waals surface area contributed by atoms with E-state index in [-0.39, 0.29) is 5.82 Å². The fourth-order valence-corrected chi connectivity index (χ4v) is 1.85. The van der Waals surface area contributed by atoms with Crippen molar-refractivity contribution in [1.29, 1.82) is 0 Å². The van der Waals surface area contributed by atoms with Gasteiger partial charge in [-0.3, -0.25) is 0 Å². The zero-order valence-electron chi connectivity index (χ0n) is 8.33. The third kappa shape index (κ3) is 2.04. The van der Waals surface area contributed by atoms with Crippen LogP contribution in [0.2, 0.25) is 0 Å². The fourth-order valence-electron chi connectivity index (χ4n) is 1.85. The number of para-hydroxylation sites is 1. The van der Waals surface area contributed by atoms with Gasteiger partial charge in [-0.25, -0.2) is 4.39 Å². The van der Waals surface area contributed by atoms with Crippen molar-refractivity contribution in [2.75, 3.05) is 25.5 Å². The summed E-state index contributed by atoms with van der Waals surface area (Å²) in [6.07, 6.45) is 1.09. The summed E-state index contributed by atoms with van der Waals surface area (Å²) in [5.41, 5.74) is 0.618. The molecule has 2 rings (SSSR count). The highest BCUT2D eigenvalue weighted by Gasteiger charge is 2.19. The lowest BCUT2D eigenvalue weighted by Crippen LogP contribution is -2.23. The van der Waals surface area contributed by atoms with Gasteiger partial charge in [0, 0.05) is 12.6 Å². The Labute approximate surface area is 83.7 Å². The maximum atomic E-state index is 13.3. The molecular formula is C11H15FN2. The van der Waals surface area contributed by atoms with Crippen molar-refractivity contribution in [2.45, 2.75) is 12.5 Å². The van der Waals surface area contributed by atoms with E-state index in [9.17, 15) is 4.39 Å². The zero-order chi connectivity index (χ0) is 9.97. The normalized spacial score (nSPS) is 22.6. The van der Waals surface area contributed by atoms with Gasteiger partial charge in [-0.2, -0.15) is 0 Å². The lowest BCUT2D eigenvalue weighted by molar-refractivity contribution is 0.414. The van der Waals surface area contributed by atoms with Crippen LogP contribution in [0.4, 0.5) is 10.1 Å². The molecule has 0 aromatic heterocycles. The molecule has 1 N–H and O–H groups in total. The molecule has 1 aliphatic heterocycles. The molecule has 0 bridgehead atoms. The van der Waals surface area contributed by atoms with Crippen LogP contribution >= 0.6 is 0 Å². The summed E-state index contributed by atoms with van der Waals surface area (Å²) in [6.45, 7) is 2.08. The number of hydrogen-bond acceptors (Lipinski definition) is 2. The highest BCUT2D eigenvalue weighted by molar-refractivity contribution is 5.45. The van der Waals surface area contributed by atoms with Crippen molar-refractivity contribution < 1.29 is 4.39 Å². The third-order valence-corrected chi connectivity index (χ3v) is 2.62. The molecule has 14 heavy (non-hydrogen) atoms. The van der Waals surface area contributed by atoms with Gasteiger partial charge >= 0.3 is 0 Å². The fraction of sp³-hybridized carbons (Fsp3) is 0.455. The van der Waals surface area contributed by atoms with E-state index in [1.54, 1.807) is 12.1 Å². The van der Waals surface area contributed by atoms with Gasteiger partial charge in [-0.05, 0) is 32.1 Å². The van der Waals surface area contributed by atoms with Crippen LogP contribution in [-0.2, 0) is 0 Å². The molecule has 1 heterocycles. The highest BCUT2D eigenvalue weighted by Crippen LogP contribution is 2.17. The molecule has 0 amide bonds. The SMILES string of the molecule is CN1CCC(Nc2ccccc2F)C1. The molecular weight excluding hydrogens is 179 g/mol. The predicted molar refractivity (Wildman–Crippen MR) is 55.9 cm³/mol. The van der Waals surface area contributed by atoms with E-state index in [2.05, 4.69) is 17.3 Å². The van der Waals surface area contributed by atoms with Crippen LogP contribution < -0.4 is 5.32 Å². The quantitative estimate of drug-likeness (QED) is 0.774. The second kappa shape index (κ2) is 3.96. The van der Waals surface area contributed by atoms with Crippen molar-refractivity contribution in [3.05, 3.63) is 30.1 Å². The Bertz CT molecular complexity index is 314. The summed E-state index contributed by atoms with van der Waals surface area (Å²) in [7, 11) is 2.09. The second-order valence-corrected chi connectivity index (χ2v) is 3.87. The Morgan fingerprint density at radius 1 is 1.43 bits per heavy atom. The lowest BCUT2D eigenvalue weighted by atomic mass is 10.2. The minimum Gasteiger partial charge on any atom is -0.379 e. The standard InChI is InChI=1S/C11H15FN2/c1-14-7-6-9(8-14)13-11-5-3-2-4-10(11)12/h2-5,9,13H,6-8H2,1H3.